The fourth-order valence-corrected chi connectivity index (χ4v) is 10.9. The third kappa shape index (κ3) is 23.1. The minimum atomic E-state index is -4.42. The van der Waals surface area contributed by atoms with Crippen molar-refractivity contribution in [1.82, 2.24) is 4.83 Å². The van der Waals surface area contributed by atoms with E-state index in [0.717, 1.165) is 23.6 Å². The van der Waals surface area contributed by atoms with Crippen LogP contribution in [0.3, 0.4) is 0 Å². The normalized spacial score (nSPS) is 15.3. The maximum Gasteiger partial charge on any atom is 0.331 e. The number of halogens is 1. The second-order valence-electron chi connectivity index (χ2n) is 15.4. The maximum atomic E-state index is 12.3. The lowest BCUT2D eigenvalue weighted by Gasteiger charge is -2.19. The average molecular weight is 1270 g/mol. The number of hydrazone groups is 1. The summed E-state index contributed by atoms with van der Waals surface area (Å²) in [6, 6.07) is 34.9. The van der Waals surface area contributed by atoms with Gasteiger partial charge < -0.3 is 14.9 Å². The Balaban J connectivity index is 0.000000264. The van der Waals surface area contributed by atoms with Crippen molar-refractivity contribution in [1.29, 1.82) is 0 Å². The quantitative estimate of drug-likeness (QED) is 0.0282. The van der Waals surface area contributed by atoms with Gasteiger partial charge in [-0.25, -0.2) is 47.3 Å². The highest BCUT2D eigenvalue weighted by atomic mass is 35.7. The van der Waals surface area contributed by atoms with Gasteiger partial charge in [-0.15, -0.1) is 0 Å². The molecule has 80 heavy (non-hydrogen) atoms. The summed E-state index contributed by atoms with van der Waals surface area (Å²) in [6.45, 7) is 7.43. The molecule has 0 aliphatic carbocycles. The van der Waals surface area contributed by atoms with E-state index in [1.54, 1.807) is 109 Å². The number of hydrogen-bond donors (Lipinski definition) is 8. The number of sulfonamides is 5. The molecular formula is C44H47ClN6O22S7. The number of carboxylic acid groups (broad SMARTS) is 1. The summed E-state index contributed by atoms with van der Waals surface area (Å²) in [4.78, 5) is 34.7. The number of carboxylic acids is 1. The zero-order valence-electron chi connectivity index (χ0n) is 41.1. The third-order valence-electron chi connectivity index (χ3n) is 9.11. The van der Waals surface area contributed by atoms with Crippen molar-refractivity contribution in [2.75, 3.05) is 43.3 Å². The van der Waals surface area contributed by atoms with E-state index in [1.807, 2.05) is 19.1 Å². The van der Waals surface area contributed by atoms with Crippen molar-refractivity contribution < 1.29 is 98.1 Å². The molecule has 0 spiro atoms. The van der Waals surface area contributed by atoms with Crippen LogP contribution in [0.1, 0.15) is 27.0 Å². The minimum absolute atomic E-state index is 0.0579. The van der Waals surface area contributed by atoms with Crippen molar-refractivity contribution in [3.63, 3.8) is 0 Å². The van der Waals surface area contributed by atoms with Gasteiger partial charge in [-0.2, -0.15) is 31.7 Å². The minimum Gasteiger partial charge on any atom is -0.480 e. The highest BCUT2D eigenvalue weighted by Gasteiger charge is 2.28. The number of anilines is 4. The average Bonchev–Trinajstić information content (AvgIpc) is 3.35. The van der Waals surface area contributed by atoms with Gasteiger partial charge in [0.1, 0.15) is 11.5 Å². The van der Waals surface area contributed by atoms with E-state index in [4.69, 9.17) is 25.6 Å². The molecule has 0 saturated carbocycles. The van der Waals surface area contributed by atoms with Crippen LogP contribution in [0.25, 0.3) is 6.08 Å². The van der Waals surface area contributed by atoms with Crippen LogP contribution in [0.2, 0.25) is 0 Å². The Morgan fingerprint density at radius 3 is 1.70 bits per heavy atom. The molecule has 36 heteroatoms. The van der Waals surface area contributed by atoms with E-state index >= 15 is 0 Å². The molecule has 3 heterocycles. The molecule has 5 aromatic rings. The summed E-state index contributed by atoms with van der Waals surface area (Å²) >= 11 is 0. The molecule has 0 aromatic heterocycles. The Bertz CT molecular complexity index is 3960. The number of ketones is 1. The van der Waals surface area contributed by atoms with Crippen LogP contribution in [0.5, 0.6) is 0 Å². The molecule has 5 aromatic carbocycles. The largest absolute Gasteiger partial charge is 0.480 e. The molecule has 8 N–H and O–H groups in total. The summed E-state index contributed by atoms with van der Waals surface area (Å²) in [5.74, 6) is -3.52. The van der Waals surface area contributed by atoms with E-state index in [9.17, 15) is 68.5 Å². The number of carbonyl (C=O) groups excluding carboxylic acids is 1. The summed E-state index contributed by atoms with van der Waals surface area (Å²) < 4.78 is 172. The van der Waals surface area contributed by atoms with Crippen molar-refractivity contribution in [2.45, 2.75) is 11.8 Å². The maximum absolute atomic E-state index is 12.3. The number of hydrogen-bond acceptors (Lipinski definition) is 21. The number of Topliss-reactive ketones (excluding diaryl/α,β-unsaturated/α-hetero) is 1. The number of nitrogens with one attached hydrogen (secondary N) is 5. The number of nitrogens with zero attached hydrogens (tertiary/aromatic N) is 1. The number of para-hydroxylation sites is 4. The zero-order valence-corrected chi connectivity index (χ0v) is 47.6. The number of aryl methyl sites for hydroxylation is 1. The molecule has 0 atom stereocenters. The Morgan fingerprint density at radius 1 is 0.700 bits per heavy atom. The molecule has 0 unspecified atom stereocenters. The van der Waals surface area contributed by atoms with Crippen molar-refractivity contribution in [3.8, 4) is 0 Å². The molecule has 0 fully saturated rings. The summed E-state index contributed by atoms with van der Waals surface area (Å²) in [5, 5.41) is 19.1. The molecule has 0 saturated heterocycles. The molecule has 3 aliphatic rings. The van der Waals surface area contributed by atoms with Crippen LogP contribution in [-0.2, 0) is 88.7 Å². The van der Waals surface area contributed by atoms with Gasteiger partial charge in [-0.1, -0.05) is 84.4 Å². The first kappa shape index (κ1) is 66.8. The van der Waals surface area contributed by atoms with Gasteiger partial charge >= 0.3 is 16.1 Å². The number of carbonyl (C=O) groups is 2. The van der Waals surface area contributed by atoms with Gasteiger partial charge in [0, 0.05) is 27.5 Å². The van der Waals surface area contributed by atoms with Gasteiger partial charge in [-0.05, 0) is 80.3 Å². The van der Waals surface area contributed by atoms with Gasteiger partial charge in [-0.3, -0.25) is 33.0 Å². The van der Waals surface area contributed by atoms with Crippen LogP contribution in [0.4, 0.5) is 22.7 Å². The van der Waals surface area contributed by atoms with E-state index in [2.05, 4.69) is 56.6 Å². The predicted octanol–water partition coefficient (Wildman–Crippen LogP) is 4.42. The van der Waals surface area contributed by atoms with Crippen molar-refractivity contribution >= 4 is 126 Å². The lowest BCUT2D eigenvalue weighted by atomic mass is 10.1. The number of rotatable bonds is 12. The Hall–Kier alpha value is -7.45. The number of aliphatic carboxylic acids is 1. The zero-order chi connectivity index (χ0) is 60.3. The SMILES string of the molecule is C=C(OO)S(=O)(=O)O.C=C(OOC)S(=O)(=O)Cl.Cc1ccc(S(=O)(=O)N/N=C2\CS(=O)(=O)Nc3ccccc32)cc1.O=C(O)CS(=O)(=O)Nc1ccccc1.O=C1CS(=O)(=O)Nc2ccccc21.O=S1(=O)C=Cc2ccccc2N1. The van der Waals surface area contributed by atoms with E-state index in [1.165, 1.54) is 12.1 Å². The van der Waals surface area contributed by atoms with Crippen LogP contribution in [-0.4, -0.2) is 116 Å². The molecular weight excluding hydrogens is 1220 g/mol. The Kier molecular flexibility index (Phi) is 23.9. The molecule has 28 nitrogen and oxygen atoms in total. The van der Waals surface area contributed by atoms with Gasteiger partial charge in [0.15, 0.2) is 11.5 Å². The second kappa shape index (κ2) is 28.6. The van der Waals surface area contributed by atoms with Crippen molar-refractivity contribution in [2.24, 2.45) is 5.10 Å². The fourth-order valence-electron chi connectivity index (χ4n) is 5.68. The first-order valence-electron chi connectivity index (χ1n) is 21.3. The van der Waals surface area contributed by atoms with E-state index < -0.39 is 103 Å². The summed E-state index contributed by atoms with van der Waals surface area (Å²) in [7, 11) is -20.3. The first-order valence-corrected chi connectivity index (χ1v) is 33.0. The molecule has 8 rings (SSSR count). The molecule has 0 bridgehead atoms. The highest BCUT2D eigenvalue weighted by Crippen LogP contribution is 2.25. The first-order chi connectivity index (χ1) is 37.0. The second-order valence-corrected chi connectivity index (χ2v) is 27.7. The van der Waals surface area contributed by atoms with Crippen LogP contribution < -0.4 is 23.7 Å². The standard InChI is InChI=1S/C15H15N3O4S2.C8H9NO4S.C8H7NO3S.C8H7NO2S.C3H5ClO4S.C2H4O5S/c1-11-6-8-12(9-7-11)24(21,22)18-16-15-10-23(19,20)17-14-5-3-2-4-13(14)15;10-8(11)6-14(12,13)9-7-4-2-1-3-5-7;10-8-5-13(11,12)9-7-4-2-1-3-6(7)8;10-12(11)6-5-7-3-1-2-4-8(7)9-12;1-3(8-7-2)9(4,5)6;1-2(7-3)8(4,5)6/h2-9,17-18H,10H2,1H3;1-5,9H,6H2,(H,10,11);1-4,9H,5H2;1-6,9H;1H2,2H3;3H,1H2,(H,4,5,6)/b16-15+;;;;;. The predicted molar refractivity (Wildman–Crippen MR) is 296 cm³/mol. The molecule has 0 radical (unpaired) electrons. The lowest BCUT2D eigenvalue weighted by Crippen LogP contribution is -2.32. The number of benzene rings is 5. The van der Waals surface area contributed by atoms with Crippen LogP contribution in [0.15, 0.2) is 166 Å². The smallest absolute Gasteiger partial charge is 0.331 e. The Labute approximate surface area is 464 Å². The van der Waals surface area contributed by atoms with E-state index in [0.29, 0.717) is 33.9 Å². The number of fused-ring (bicyclic) bond motifs is 3. The third-order valence-corrected chi connectivity index (χ3v) is 16.6. The lowest BCUT2D eigenvalue weighted by molar-refractivity contribution is -0.227. The molecule has 434 valence electrons. The topological polar surface area (TPSA) is 434 Å². The van der Waals surface area contributed by atoms with E-state index in [-0.39, 0.29) is 16.4 Å². The van der Waals surface area contributed by atoms with Crippen LogP contribution >= 0.6 is 10.7 Å². The Morgan fingerprint density at radius 2 is 1.20 bits per heavy atom. The molecule has 0 amide bonds. The highest BCUT2D eigenvalue weighted by molar-refractivity contribution is 8.16. The summed E-state index contributed by atoms with van der Waals surface area (Å²) in [6.07, 6.45) is 1.58. The monoisotopic (exact) mass is 1270 g/mol. The van der Waals surface area contributed by atoms with Gasteiger partial charge in [0.25, 0.3) is 39.3 Å². The fraction of sp³-hybridized carbons (Fsp3) is 0.114. The summed E-state index contributed by atoms with van der Waals surface area (Å²) in [5.41, 5.74) is 4.69. The van der Waals surface area contributed by atoms with Gasteiger partial charge in [0.05, 0.1) is 40.2 Å². The van der Waals surface area contributed by atoms with Crippen LogP contribution in [0, 0.1) is 6.92 Å². The molecule has 3 aliphatic heterocycles. The van der Waals surface area contributed by atoms with Gasteiger partial charge in [0.2, 0.25) is 30.1 Å². The van der Waals surface area contributed by atoms with Crippen molar-refractivity contribution in [3.05, 3.63) is 178 Å².